The van der Waals surface area contributed by atoms with E-state index < -0.39 is 6.10 Å². The third-order valence-electron chi connectivity index (χ3n) is 3.33. The van der Waals surface area contributed by atoms with Crippen molar-refractivity contribution < 1.29 is 10.2 Å². The van der Waals surface area contributed by atoms with Crippen LogP contribution in [0.3, 0.4) is 0 Å². The van der Waals surface area contributed by atoms with Gasteiger partial charge in [0.15, 0.2) is 0 Å². The average Bonchev–Trinajstić information content (AvgIpc) is 3.03. The fourth-order valence-corrected chi connectivity index (χ4v) is 2.18. The first-order valence-electron chi connectivity index (χ1n) is 6.57. The Bertz CT molecular complexity index is 737. The van der Waals surface area contributed by atoms with Crippen molar-refractivity contribution in [3.8, 4) is 11.6 Å². The summed E-state index contributed by atoms with van der Waals surface area (Å²) in [5.41, 5.74) is 2.08. The smallest absolute Gasteiger partial charge is 0.137 e. The van der Waals surface area contributed by atoms with Crippen LogP contribution in [0.2, 0.25) is 0 Å². The lowest BCUT2D eigenvalue weighted by Gasteiger charge is -2.14. The highest BCUT2D eigenvalue weighted by Crippen LogP contribution is 2.29. The van der Waals surface area contributed by atoms with Crippen LogP contribution < -0.4 is 0 Å². The molecule has 2 N–H and O–H groups in total. The Morgan fingerprint density at radius 2 is 2.05 bits per heavy atom. The minimum Gasteiger partial charge on any atom is -0.508 e. The summed E-state index contributed by atoms with van der Waals surface area (Å²) in [6.07, 6.45) is 5.82. The van der Waals surface area contributed by atoms with Gasteiger partial charge < -0.3 is 10.2 Å². The molecule has 1 unspecified atom stereocenters. The van der Waals surface area contributed by atoms with Crippen molar-refractivity contribution in [3.05, 3.63) is 71.9 Å². The summed E-state index contributed by atoms with van der Waals surface area (Å²) < 4.78 is 1.78. The molecule has 106 valence electrons. The number of hydrogen-bond acceptors (Lipinski definition) is 4. The Labute approximate surface area is 122 Å². The van der Waals surface area contributed by atoms with Crippen LogP contribution in [-0.4, -0.2) is 24.7 Å². The minimum atomic E-state index is -0.908. The van der Waals surface area contributed by atoms with E-state index in [-0.39, 0.29) is 5.75 Å². The highest BCUT2D eigenvalue weighted by molar-refractivity contribution is 5.41. The van der Waals surface area contributed by atoms with Crippen LogP contribution in [0, 0.1) is 6.92 Å². The molecular weight excluding hydrogens is 266 g/mol. The number of hydrogen-bond donors (Lipinski definition) is 2. The number of imidazole rings is 1. The predicted octanol–water partition coefficient (Wildman–Crippen LogP) is 2.36. The van der Waals surface area contributed by atoms with Crippen LogP contribution in [0.1, 0.15) is 22.8 Å². The van der Waals surface area contributed by atoms with Gasteiger partial charge in [0.1, 0.15) is 24.0 Å². The van der Waals surface area contributed by atoms with Crippen LogP contribution >= 0.6 is 0 Å². The largest absolute Gasteiger partial charge is 0.508 e. The molecule has 0 aliphatic heterocycles. The van der Waals surface area contributed by atoms with Gasteiger partial charge in [0.25, 0.3) is 0 Å². The molecule has 0 saturated heterocycles. The molecule has 1 aromatic carbocycles. The number of rotatable bonds is 3. The molecule has 0 radical (unpaired) electrons. The first kappa shape index (κ1) is 13.3. The standard InChI is InChI=1S/C16H15N3O2/c1-11-2-4-14(20)13(8-11)16(21)12-3-5-15(18-9-12)19-7-6-17-10-19/h2-10,16,20-21H,1H3. The molecule has 5 heteroatoms. The summed E-state index contributed by atoms with van der Waals surface area (Å²) in [6, 6.07) is 8.73. The van der Waals surface area contributed by atoms with E-state index in [1.54, 1.807) is 59.8 Å². The zero-order valence-electron chi connectivity index (χ0n) is 11.5. The van der Waals surface area contributed by atoms with Crippen molar-refractivity contribution in [2.24, 2.45) is 0 Å². The first-order valence-corrected chi connectivity index (χ1v) is 6.57. The lowest BCUT2D eigenvalue weighted by molar-refractivity contribution is 0.215. The molecule has 21 heavy (non-hydrogen) atoms. The minimum absolute atomic E-state index is 0.0757. The van der Waals surface area contributed by atoms with Crippen LogP contribution in [-0.2, 0) is 0 Å². The van der Waals surface area contributed by atoms with Crippen LogP contribution in [0.15, 0.2) is 55.2 Å². The van der Waals surface area contributed by atoms with Gasteiger partial charge in [-0.05, 0) is 25.1 Å². The number of aromatic hydroxyl groups is 1. The quantitative estimate of drug-likeness (QED) is 0.773. The van der Waals surface area contributed by atoms with Crippen molar-refractivity contribution in [2.45, 2.75) is 13.0 Å². The summed E-state index contributed by atoms with van der Waals surface area (Å²) in [4.78, 5) is 8.27. The Kier molecular flexibility index (Phi) is 3.41. The maximum atomic E-state index is 10.4. The zero-order chi connectivity index (χ0) is 14.8. The van der Waals surface area contributed by atoms with Gasteiger partial charge in [-0.15, -0.1) is 0 Å². The van der Waals surface area contributed by atoms with Gasteiger partial charge >= 0.3 is 0 Å². The number of phenols is 1. The lowest BCUT2D eigenvalue weighted by Crippen LogP contribution is -2.03. The van der Waals surface area contributed by atoms with Crippen LogP contribution in [0.25, 0.3) is 5.82 Å². The summed E-state index contributed by atoms with van der Waals surface area (Å²) in [5.74, 6) is 0.795. The second-order valence-electron chi connectivity index (χ2n) is 4.88. The van der Waals surface area contributed by atoms with Gasteiger partial charge in [-0.3, -0.25) is 4.57 Å². The second-order valence-corrected chi connectivity index (χ2v) is 4.88. The fraction of sp³-hybridized carbons (Fsp3) is 0.125. The van der Waals surface area contributed by atoms with Gasteiger partial charge in [0.2, 0.25) is 0 Å². The van der Waals surface area contributed by atoms with Crippen molar-refractivity contribution >= 4 is 0 Å². The molecule has 5 nitrogen and oxygen atoms in total. The molecular formula is C16H15N3O2. The van der Waals surface area contributed by atoms with E-state index in [2.05, 4.69) is 9.97 Å². The maximum absolute atomic E-state index is 10.4. The molecule has 0 aliphatic rings. The Morgan fingerprint density at radius 1 is 1.19 bits per heavy atom. The van der Waals surface area contributed by atoms with E-state index in [1.807, 2.05) is 6.92 Å². The molecule has 0 aliphatic carbocycles. The number of nitrogens with zero attached hydrogens (tertiary/aromatic N) is 3. The van der Waals surface area contributed by atoms with Gasteiger partial charge in [0.05, 0.1) is 0 Å². The number of aliphatic hydroxyl groups excluding tert-OH is 1. The predicted molar refractivity (Wildman–Crippen MR) is 78.3 cm³/mol. The van der Waals surface area contributed by atoms with E-state index in [0.717, 1.165) is 11.4 Å². The summed E-state index contributed by atoms with van der Waals surface area (Å²) in [6.45, 7) is 1.91. The second kappa shape index (κ2) is 5.38. The topological polar surface area (TPSA) is 71.2 Å². The average molecular weight is 281 g/mol. The molecule has 0 saturated carbocycles. The van der Waals surface area contributed by atoms with Gasteiger partial charge in [-0.25, -0.2) is 9.97 Å². The third-order valence-corrected chi connectivity index (χ3v) is 3.33. The number of aryl methyl sites for hydroxylation is 1. The molecule has 0 spiro atoms. The Morgan fingerprint density at radius 3 is 2.71 bits per heavy atom. The van der Waals surface area contributed by atoms with E-state index >= 15 is 0 Å². The van der Waals surface area contributed by atoms with E-state index in [1.165, 1.54) is 0 Å². The molecule has 2 aromatic heterocycles. The van der Waals surface area contributed by atoms with Gasteiger partial charge in [0, 0.05) is 29.7 Å². The van der Waals surface area contributed by atoms with E-state index in [0.29, 0.717) is 11.1 Å². The Balaban J connectivity index is 1.91. The first-order chi connectivity index (χ1) is 10.1. The van der Waals surface area contributed by atoms with E-state index in [9.17, 15) is 10.2 Å². The fourth-order valence-electron chi connectivity index (χ4n) is 2.18. The zero-order valence-corrected chi connectivity index (χ0v) is 11.5. The summed E-state index contributed by atoms with van der Waals surface area (Å²) >= 11 is 0. The van der Waals surface area contributed by atoms with Crippen molar-refractivity contribution in [2.75, 3.05) is 0 Å². The third kappa shape index (κ3) is 2.64. The summed E-state index contributed by atoms with van der Waals surface area (Å²) in [5, 5.41) is 20.3. The number of pyridine rings is 1. The Hall–Kier alpha value is -2.66. The lowest BCUT2D eigenvalue weighted by atomic mass is 10.0. The highest BCUT2D eigenvalue weighted by atomic mass is 16.3. The molecule has 2 heterocycles. The maximum Gasteiger partial charge on any atom is 0.137 e. The normalized spacial score (nSPS) is 12.3. The molecule has 1 atom stereocenters. The SMILES string of the molecule is Cc1ccc(O)c(C(O)c2ccc(-n3ccnc3)nc2)c1. The monoisotopic (exact) mass is 281 g/mol. The molecule has 0 amide bonds. The number of benzene rings is 1. The number of phenolic OH excluding ortho intramolecular Hbond substituents is 1. The number of aliphatic hydroxyl groups is 1. The van der Waals surface area contributed by atoms with Gasteiger partial charge in [-0.2, -0.15) is 0 Å². The molecule has 3 aromatic rings. The van der Waals surface area contributed by atoms with Crippen molar-refractivity contribution in [1.82, 2.24) is 14.5 Å². The van der Waals surface area contributed by atoms with Crippen LogP contribution in [0.4, 0.5) is 0 Å². The van der Waals surface area contributed by atoms with Crippen LogP contribution in [0.5, 0.6) is 5.75 Å². The van der Waals surface area contributed by atoms with Gasteiger partial charge in [-0.1, -0.05) is 17.7 Å². The number of aromatic nitrogens is 3. The van der Waals surface area contributed by atoms with E-state index in [4.69, 9.17) is 0 Å². The summed E-state index contributed by atoms with van der Waals surface area (Å²) in [7, 11) is 0. The molecule has 3 rings (SSSR count). The van der Waals surface area contributed by atoms with Crippen molar-refractivity contribution in [3.63, 3.8) is 0 Å². The molecule has 0 bridgehead atoms. The molecule has 0 fully saturated rings. The highest BCUT2D eigenvalue weighted by Gasteiger charge is 2.15. The van der Waals surface area contributed by atoms with Crippen molar-refractivity contribution in [1.29, 1.82) is 0 Å².